The van der Waals surface area contributed by atoms with Gasteiger partial charge in [0.25, 0.3) is 5.69 Å². The van der Waals surface area contributed by atoms with Crippen LogP contribution in [0.25, 0.3) is 0 Å². The molecule has 0 saturated heterocycles. The van der Waals surface area contributed by atoms with E-state index in [0.717, 1.165) is 6.07 Å². The van der Waals surface area contributed by atoms with Gasteiger partial charge in [-0.15, -0.1) is 0 Å². The van der Waals surface area contributed by atoms with Crippen molar-refractivity contribution in [3.8, 4) is 6.07 Å². The van der Waals surface area contributed by atoms with Crippen LogP contribution < -0.4 is 5.32 Å². The van der Waals surface area contributed by atoms with Gasteiger partial charge in [0, 0.05) is 12.1 Å². The van der Waals surface area contributed by atoms with E-state index in [1.54, 1.807) is 6.07 Å². The third-order valence-corrected chi connectivity index (χ3v) is 2.08. The summed E-state index contributed by atoms with van der Waals surface area (Å²) in [5.41, 5.74) is 0.0791. The largest absolute Gasteiger partial charge is 0.480 e. The highest BCUT2D eigenvalue weighted by molar-refractivity contribution is 5.78. The molecule has 1 aromatic carbocycles. The van der Waals surface area contributed by atoms with Crippen molar-refractivity contribution < 1.29 is 14.8 Å². The molecule has 0 heterocycles. The normalized spacial score (nSPS) is 11.3. The number of aliphatic carboxylic acids is 1. The molecule has 1 rings (SSSR count). The van der Waals surface area contributed by atoms with Crippen LogP contribution in [-0.2, 0) is 4.79 Å². The molecule has 0 aliphatic carbocycles. The van der Waals surface area contributed by atoms with E-state index >= 15 is 0 Å². The van der Waals surface area contributed by atoms with Crippen LogP contribution in [0.4, 0.5) is 11.4 Å². The van der Waals surface area contributed by atoms with Gasteiger partial charge in [0.05, 0.1) is 16.2 Å². The van der Waals surface area contributed by atoms with Crippen molar-refractivity contribution in [2.45, 2.75) is 13.0 Å². The molecule has 0 spiro atoms. The van der Waals surface area contributed by atoms with E-state index in [1.807, 2.05) is 0 Å². The quantitative estimate of drug-likeness (QED) is 0.601. The minimum Gasteiger partial charge on any atom is -0.480 e. The lowest BCUT2D eigenvalue weighted by molar-refractivity contribution is -0.384. The summed E-state index contributed by atoms with van der Waals surface area (Å²) in [6.07, 6.45) is 0. The first-order chi connectivity index (χ1) is 7.95. The van der Waals surface area contributed by atoms with Crippen molar-refractivity contribution in [1.29, 1.82) is 5.26 Å². The van der Waals surface area contributed by atoms with Gasteiger partial charge in [-0.25, -0.2) is 0 Å². The minimum atomic E-state index is -1.08. The summed E-state index contributed by atoms with van der Waals surface area (Å²) in [6, 6.07) is 4.51. The van der Waals surface area contributed by atoms with Crippen LogP contribution in [0, 0.1) is 21.4 Å². The van der Waals surface area contributed by atoms with E-state index < -0.39 is 16.9 Å². The Labute approximate surface area is 96.4 Å². The van der Waals surface area contributed by atoms with Crippen LogP contribution in [0.2, 0.25) is 0 Å². The predicted octanol–water partition coefficient (Wildman–Crippen LogP) is 1.35. The van der Waals surface area contributed by atoms with Gasteiger partial charge in [-0.05, 0) is 13.0 Å². The number of rotatable bonds is 4. The standard InChI is InChI=1S/C10H9N3O4/c1-6(10(14)15)12-9-3-2-8(13(16)17)4-7(9)5-11/h2-4,6,12H,1H3,(H,14,15)/t6-/m1/s1. The molecule has 0 saturated carbocycles. The number of nitro benzene ring substituents is 1. The molecule has 0 aromatic heterocycles. The number of nitrogens with one attached hydrogen (secondary N) is 1. The van der Waals surface area contributed by atoms with Gasteiger partial charge in [0.15, 0.2) is 0 Å². The van der Waals surface area contributed by atoms with Gasteiger partial charge >= 0.3 is 5.97 Å². The number of nitriles is 1. The molecular weight excluding hydrogens is 226 g/mol. The number of non-ortho nitro benzene ring substituents is 1. The fourth-order valence-corrected chi connectivity index (χ4v) is 1.16. The highest BCUT2D eigenvalue weighted by Crippen LogP contribution is 2.21. The first-order valence-corrected chi connectivity index (χ1v) is 4.63. The Hall–Kier alpha value is -2.62. The first kappa shape index (κ1) is 12.4. The van der Waals surface area contributed by atoms with Crippen LogP contribution in [-0.4, -0.2) is 22.0 Å². The molecule has 1 atom stereocenters. The van der Waals surface area contributed by atoms with Crippen molar-refractivity contribution in [1.82, 2.24) is 0 Å². The molecule has 1 aromatic rings. The molecule has 17 heavy (non-hydrogen) atoms. The molecule has 0 bridgehead atoms. The van der Waals surface area contributed by atoms with E-state index in [1.165, 1.54) is 19.1 Å². The number of nitro groups is 1. The number of benzene rings is 1. The molecule has 2 N–H and O–H groups in total. The number of carboxylic acids is 1. The molecule has 0 amide bonds. The second-order valence-electron chi connectivity index (χ2n) is 3.30. The predicted molar refractivity (Wildman–Crippen MR) is 58.5 cm³/mol. The van der Waals surface area contributed by atoms with Crippen LogP contribution >= 0.6 is 0 Å². The van der Waals surface area contributed by atoms with Crippen LogP contribution in [0.1, 0.15) is 12.5 Å². The second kappa shape index (κ2) is 4.94. The molecule has 0 aliphatic rings. The number of anilines is 1. The van der Waals surface area contributed by atoms with Crippen LogP contribution in [0.15, 0.2) is 18.2 Å². The van der Waals surface area contributed by atoms with Crippen molar-refractivity contribution in [3.05, 3.63) is 33.9 Å². The summed E-state index contributed by atoms with van der Waals surface area (Å²) in [6.45, 7) is 1.41. The lowest BCUT2D eigenvalue weighted by Gasteiger charge is -2.11. The molecule has 0 fully saturated rings. The van der Waals surface area contributed by atoms with Crippen LogP contribution in [0.5, 0.6) is 0 Å². The van der Waals surface area contributed by atoms with Crippen molar-refractivity contribution in [2.75, 3.05) is 5.32 Å². The number of hydrogen-bond acceptors (Lipinski definition) is 5. The van der Waals surface area contributed by atoms with Gasteiger partial charge in [0.2, 0.25) is 0 Å². The van der Waals surface area contributed by atoms with Crippen molar-refractivity contribution in [2.24, 2.45) is 0 Å². The Morgan fingerprint density at radius 2 is 2.29 bits per heavy atom. The van der Waals surface area contributed by atoms with E-state index in [9.17, 15) is 14.9 Å². The highest BCUT2D eigenvalue weighted by atomic mass is 16.6. The van der Waals surface area contributed by atoms with Gasteiger partial charge in [-0.1, -0.05) is 0 Å². The van der Waals surface area contributed by atoms with Crippen molar-refractivity contribution >= 4 is 17.3 Å². The maximum atomic E-state index is 10.6. The average molecular weight is 235 g/mol. The van der Waals surface area contributed by atoms with E-state index in [4.69, 9.17) is 10.4 Å². The Kier molecular flexibility index (Phi) is 3.62. The van der Waals surface area contributed by atoms with Gasteiger partial charge < -0.3 is 10.4 Å². The van der Waals surface area contributed by atoms with Gasteiger partial charge in [0.1, 0.15) is 12.1 Å². The summed E-state index contributed by atoms with van der Waals surface area (Å²) < 4.78 is 0. The topological polar surface area (TPSA) is 116 Å². The molecule has 0 radical (unpaired) electrons. The maximum absolute atomic E-state index is 10.6. The SMILES string of the molecule is C[C@@H](Nc1ccc([N+](=O)[O-])cc1C#N)C(=O)O. The average Bonchev–Trinajstić information content (AvgIpc) is 2.28. The van der Waals surface area contributed by atoms with E-state index in [0.29, 0.717) is 0 Å². The zero-order chi connectivity index (χ0) is 13.0. The molecule has 0 aliphatic heterocycles. The summed E-state index contributed by atoms with van der Waals surface area (Å²) in [7, 11) is 0. The Morgan fingerprint density at radius 1 is 1.65 bits per heavy atom. The zero-order valence-corrected chi connectivity index (χ0v) is 8.88. The molecule has 7 nitrogen and oxygen atoms in total. The number of nitrogens with zero attached hydrogens (tertiary/aromatic N) is 2. The Bertz CT molecular complexity index is 507. The highest BCUT2D eigenvalue weighted by Gasteiger charge is 2.15. The third kappa shape index (κ3) is 2.92. The number of carbonyl (C=O) groups is 1. The maximum Gasteiger partial charge on any atom is 0.325 e. The number of hydrogen-bond donors (Lipinski definition) is 2. The van der Waals surface area contributed by atoms with Gasteiger partial charge in [-0.2, -0.15) is 5.26 Å². The zero-order valence-electron chi connectivity index (χ0n) is 8.88. The van der Waals surface area contributed by atoms with E-state index in [2.05, 4.69) is 5.32 Å². The summed E-state index contributed by atoms with van der Waals surface area (Å²) in [5.74, 6) is -1.08. The second-order valence-corrected chi connectivity index (χ2v) is 3.30. The Morgan fingerprint density at radius 3 is 2.76 bits per heavy atom. The third-order valence-electron chi connectivity index (χ3n) is 2.08. The Balaban J connectivity index is 3.06. The number of carboxylic acid groups (broad SMARTS) is 1. The lowest BCUT2D eigenvalue weighted by atomic mass is 10.1. The molecular formula is C10H9N3O4. The summed E-state index contributed by atoms with van der Waals surface area (Å²) in [4.78, 5) is 20.5. The van der Waals surface area contributed by atoms with Crippen LogP contribution in [0.3, 0.4) is 0 Å². The monoisotopic (exact) mass is 235 g/mol. The minimum absolute atomic E-state index is 0.0345. The van der Waals surface area contributed by atoms with Crippen molar-refractivity contribution in [3.63, 3.8) is 0 Å². The summed E-state index contributed by atoms with van der Waals surface area (Å²) in [5, 5.41) is 30.6. The molecule has 0 unspecified atom stereocenters. The molecule has 7 heteroatoms. The fraction of sp³-hybridized carbons (Fsp3) is 0.200. The van der Waals surface area contributed by atoms with E-state index in [-0.39, 0.29) is 16.9 Å². The smallest absolute Gasteiger partial charge is 0.325 e. The fourth-order valence-electron chi connectivity index (χ4n) is 1.16. The van der Waals surface area contributed by atoms with Gasteiger partial charge in [-0.3, -0.25) is 14.9 Å². The summed E-state index contributed by atoms with van der Waals surface area (Å²) >= 11 is 0. The lowest BCUT2D eigenvalue weighted by Crippen LogP contribution is -2.25. The first-order valence-electron chi connectivity index (χ1n) is 4.63. The molecule has 88 valence electrons.